The number of hydrogen-bond donors (Lipinski definition) is 1. The maximum absolute atomic E-state index is 5.51. The number of methoxy groups -OCH3 is 1. The summed E-state index contributed by atoms with van der Waals surface area (Å²) in [4.78, 5) is 0. The van der Waals surface area contributed by atoms with Crippen LogP contribution in [0.3, 0.4) is 0 Å². The summed E-state index contributed by atoms with van der Waals surface area (Å²) in [5, 5.41) is 3.45. The van der Waals surface area contributed by atoms with Crippen LogP contribution >= 0.6 is 0 Å². The first-order valence-corrected chi connectivity index (χ1v) is 7.55. The Morgan fingerprint density at radius 3 is 2.63 bits per heavy atom. The summed E-state index contributed by atoms with van der Waals surface area (Å²) in [6.07, 6.45) is 2.43. The van der Waals surface area contributed by atoms with E-state index >= 15 is 0 Å². The highest BCUT2D eigenvalue weighted by Crippen LogP contribution is 2.34. The van der Waals surface area contributed by atoms with Crippen LogP contribution in [0.5, 0.6) is 5.75 Å². The molecule has 0 bridgehead atoms. The van der Waals surface area contributed by atoms with E-state index in [4.69, 9.17) is 4.74 Å². The lowest BCUT2D eigenvalue weighted by Gasteiger charge is -2.22. The number of rotatable bonds is 5. The molecule has 0 aromatic heterocycles. The van der Waals surface area contributed by atoms with E-state index in [2.05, 4.69) is 44.3 Å². The van der Waals surface area contributed by atoms with E-state index in [0.29, 0.717) is 17.8 Å². The summed E-state index contributed by atoms with van der Waals surface area (Å²) < 4.78 is 5.51. The van der Waals surface area contributed by atoms with Gasteiger partial charge in [-0.1, -0.05) is 26.8 Å². The molecule has 2 atom stereocenters. The first-order chi connectivity index (χ1) is 9.15. The van der Waals surface area contributed by atoms with E-state index in [-0.39, 0.29) is 0 Å². The van der Waals surface area contributed by atoms with Gasteiger partial charge >= 0.3 is 0 Å². The Morgan fingerprint density at radius 1 is 1.32 bits per heavy atom. The summed E-state index contributed by atoms with van der Waals surface area (Å²) in [6, 6.07) is 6.85. The van der Waals surface area contributed by atoms with E-state index in [0.717, 1.165) is 18.8 Å². The van der Waals surface area contributed by atoms with Crippen molar-refractivity contribution in [2.45, 2.75) is 45.4 Å². The average molecular weight is 261 g/mol. The largest absolute Gasteiger partial charge is 0.497 e. The highest BCUT2D eigenvalue weighted by Gasteiger charge is 2.20. The third-order valence-electron chi connectivity index (χ3n) is 4.39. The Labute approximate surface area is 117 Å². The van der Waals surface area contributed by atoms with Gasteiger partial charge in [-0.15, -0.1) is 0 Å². The van der Waals surface area contributed by atoms with Crippen LogP contribution in [-0.4, -0.2) is 20.2 Å². The molecule has 1 aliphatic rings. The minimum atomic E-state index is 0.628. The van der Waals surface area contributed by atoms with Gasteiger partial charge in [-0.05, 0) is 60.4 Å². The van der Waals surface area contributed by atoms with Gasteiger partial charge in [-0.3, -0.25) is 0 Å². The Kier molecular flexibility index (Phi) is 4.87. The number of benzene rings is 1. The van der Waals surface area contributed by atoms with Gasteiger partial charge in [0.25, 0.3) is 0 Å². The molecule has 1 aromatic rings. The molecule has 0 aliphatic carbocycles. The van der Waals surface area contributed by atoms with Crippen molar-refractivity contribution in [3.8, 4) is 5.75 Å². The first-order valence-electron chi connectivity index (χ1n) is 7.55. The molecule has 1 saturated heterocycles. The summed E-state index contributed by atoms with van der Waals surface area (Å²) in [5.41, 5.74) is 2.89. The Balaban J connectivity index is 2.34. The molecule has 0 spiro atoms. The van der Waals surface area contributed by atoms with E-state index in [1.54, 1.807) is 7.11 Å². The standard InChI is InChI=1S/C17H27NO/c1-5-17(12(2)3)15-8-14(9-16(10-15)19-4)13-6-7-18-11-13/h8-10,12-13,17-18H,5-7,11H2,1-4H3. The van der Waals surface area contributed by atoms with E-state index < -0.39 is 0 Å². The van der Waals surface area contributed by atoms with Crippen molar-refractivity contribution >= 4 is 0 Å². The molecule has 19 heavy (non-hydrogen) atoms. The molecule has 2 rings (SSSR count). The quantitative estimate of drug-likeness (QED) is 0.867. The molecule has 1 heterocycles. The second kappa shape index (κ2) is 6.42. The van der Waals surface area contributed by atoms with Crippen LogP contribution in [0.15, 0.2) is 18.2 Å². The maximum atomic E-state index is 5.51. The molecule has 0 amide bonds. The highest BCUT2D eigenvalue weighted by atomic mass is 16.5. The summed E-state index contributed by atoms with van der Waals surface area (Å²) >= 11 is 0. The predicted octanol–water partition coefficient (Wildman–Crippen LogP) is 3.92. The molecule has 0 saturated carbocycles. The van der Waals surface area contributed by atoms with Crippen molar-refractivity contribution in [3.05, 3.63) is 29.3 Å². The molecule has 2 nitrogen and oxygen atoms in total. The molecule has 0 radical (unpaired) electrons. The van der Waals surface area contributed by atoms with Gasteiger partial charge in [0, 0.05) is 6.54 Å². The molecule has 2 unspecified atom stereocenters. The predicted molar refractivity (Wildman–Crippen MR) is 81.1 cm³/mol. The second-order valence-corrected chi connectivity index (χ2v) is 5.99. The zero-order chi connectivity index (χ0) is 13.8. The third kappa shape index (κ3) is 3.30. The number of hydrogen-bond acceptors (Lipinski definition) is 2. The number of nitrogens with one attached hydrogen (secondary N) is 1. The number of ether oxygens (including phenoxy) is 1. The van der Waals surface area contributed by atoms with E-state index in [1.165, 1.54) is 24.0 Å². The Hall–Kier alpha value is -1.02. The fourth-order valence-corrected chi connectivity index (χ4v) is 3.24. The lowest BCUT2D eigenvalue weighted by atomic mass is 9.84. The van der Waals surface area contributed by atoms with Crippen molar-refractivity contribution in [1.82, 2.24) is 5.32 Å². The zero-order valence-electron chi connectivity index (χ0n) is 12.7. The smallest absolute Gasteiger partial charge is 0.119 e. The third-order valence-corrected chi connectivity index (χ3v) is 4.39. The lowest BCUT2D eigenvalue weighted by molar-refractivity contribution is 0.410. The summed E-state index contributed by atoms with van der Waals surface area (Å²) in [5.74, 6) is 2.96. The monoisotopic (exact) mass is 261 g/mol. The fraction of sp³-hybridized carbons (Fsp3) is 0.647. The normalized spacial score (nSPS) is 20.8. The fourth-order valence-electron chi connectivity index (χ4n) is 3.24. The van der Waals surface area contributed by atoms with Gasteiger partial charge in [0.2, 0.25) is 0 Å². The molecule has 2 heteroatoms. The Morgan fingerprint density at radius 2 is 2.11 bits per heavy atom. The minimum Gasteiger partial charge on any atom is -0.497 e. The van der Waals surface area contributed by atoms with Gasteiger partial charge in [0.15, 0.2) is 0 Å². The maximum Gasteiger partial charge on any atom is 0.119 e. The molecule has 1 N–H and O–H groups in total. The molecule has 1 aliphatic heterocycles. The Bertz CT molecular complexity index is 408. The summed E-state index contributed by atoms with van der Waals surface area (Å²) in [6.45, 7) is 9.14. The molecular formula is C17H27NO. The van der Waals surface area contributed by atoms with E-state index in [9.17, 15) is 0 Å². The van der Waals surface area contributed by atoms with Crippen LogP contribution in [0.4, 0.5) is 0 Å². The lowest BCUT2D eigenvalue weighted by Crippen LogP contribution is -2.10. The molecule has 1 fully saturated rings. The first kappa shape index (κ1) is 14.4. The summed E-state index contributed by atoms with van der Waals surface area (Å²) in [7, 11) is 1.77. The van der Waals surface area contributed by atoms with Gasteiger partial charge in [-0.2, -0.15) is 0 Å². The molecule has 106 valence electrons. The average Bonchev–Trinajstić information content (AvgIpc) is 2.92. The van der Waals surface area contributed by atoms with Crippen LogP contribution in [-0.2, 0) is 0 Å². The van der Waals surface area contributed by atoms with Crippen LogP contribution < -0.4 is 10.1 Å². The van der Waals surface area contributed by atoms with Crippen LogP contribution in [0, 0.1) is 5.92 Å². The second-order valence-electron chi connectivity index (χ2n) is 5.99. The van der Waals surface area contributed by atoms with E-state index in [1.807, 2.05) is 0 Å². The topological polar surface area (TPSA) is 21.3 Å². The highest BCUT2D eigenvalue weighted by molar-refractivity contribution is 5.38. The van der Waals surface area contributed by atoms with Crippen LogP contribution in [0.2, 0.25) is 0 Å². The molecular weight excluding hydrogens is 234 g/mol. The van der Waals surface area contributed by atoms with Gasteiger partial charge in [0.1, 0.15) is 5.75 Å². The van der Waals surface area contributed by atoms with Crippen molar-refractivity contribution in [2.24, 2.45) is 5.92 Å². The van der Waals surface area contributed by atoms with Crippen LogP contribution in [0.1, 0.15) is 56.6 Å². The minimum absolute atomic E-state index is 0.628. The van der Waals surface area contributed by atoms with Crippen molar-refractivity contribution < 1.29 is 4.74 Å². The van der Waals surface area contributed by atoms with Gasteiger partial charge < -0.3 is 10.1 Å². The SMILES string of the molecule is CCC(c1cc(OC)cc(C2CCNC2)c1)C(C)C. The van der Waals surface area contributed by atoms with Gasteiger partial charge in [0.05, 0.1) is 7.11 Å². The molecule has 1 aromatic carbocycles. The van der Waals surface area contributed by atoms with Crippen LogP contribution in [0.25, 0.3) is 0 Å². The van der Waals surface area contributed by atoms with Crippen molar-refractivity contribution in [2.75, 3.05) is 20.2 Å². The zero-order valence-corrected chi connectivity index (χ0v) is 12.7. The van der Waals surface area contributed by atoms with Gasteiger partial charge in [-0.25, -0.2) is 0 Å². The van der Waals surface area contributed by atoms with Crippen molar-refractivity contribution in [3.63, 3.8) is 0 Å². The van der Waals surface area contributed by atoms with Crippen molar-refractivity contribution in [1.29, 1.82) is 0 Å².